The van der Waals surface area contributed by atoms with Crippen LogP contribution in [0, 0.1) is 10.1 Å². The lowest BCUT2D eigenvalue weighted by atomic mass is 10.2. The Labute approximate surface area is 160 Å². The molecule has 10 heteroatoms. The molecule has 1 amide bonds. The fourth-order valence-electron chi connectivity index (χ4n) is 2.96. The average Bonchev–Trinajstić information content (AvgIpc) is 3.06. The molecule has 3 aromatic rings. The summed E-state index contributed by atoms with van der Waals surface area (Å²) in [4.78, 5) is 22.5. The zero-order valence-corrected chi connectivity index (χ0v) is 15.9. The SMILES string of the molecule is CCn1c(C(=O)NS(=O)(=O)c2ccc(OC)cc2[N+](=O)[O-])cc2ccccc21. The predicted molar refractivity (Wildman–Crippen MR) is 102 cm³/mol. The average molecular weight is 403 g/mol. The first-order valence-corrected chi connectivity index (χ1v) is 9.74. The molecule has 0 aliphatic heterocycles. The van der Waals surface area contributed by atoms with Gasteiger partial charge in [-0.1, -0.05) is 18.2 Å². The van der Waals surface area contributed by atoms with E-state index in [1.807, 2.05) is 29.8 Å². The van der Waals surface area contributed by atoms with Crippen LogP contribution in [0.3, 0.4) is 0 Å². The number of hydrogen-bond donors (Lipinski definition) is 1. The van der Waals surface area contributed by atoms with E-state index in [4.69, 9.17) is 4.74 Å². The molecule has 0 saturated heterocycles. The number of aryl methyl sites for hydroxylation is 1. The Bertz CT molecular complexity index is 1180. The number of sulfonamides is 1. The van der Waals surface area contributed by atoms with E-state index in [0.29, 0.717) is 6.54 Å². The number of benzene rings is 2. The van der Waals surface area contributed by atoms with E-state index in [1.165, 1.54) is 13.2 Å². The molecule has 0 aliphatic carbocycles. The fourth-order valence-corrected chi connectivity index (χ4v) is 4.08. The van der Waals surface area contributed by atoms with Gasteiger partial charge in [-0.25, -0.2) is 13.1 Å². The minimum absolute atomic E-state index is 0.128. The van der Waals surface area contributed by atoms with Crippen LogP contribution in [0.15, 0.2) is 53.4 Å². The highest BCUT2D eigenvalue weighted by molar-refractivity contribution is 7.90. The first-order chi connectivity index (χ1) is 13.3. The van der Waals surface area contributed by atoms with Gasteiger partial charge in [0.2, 0.25) is 0 Å². The third-order valence-electron chi connectivity index (χ3n) is 4.24. The summed E-state index contributed by atoms with van der Waals surface area (Å²) in [6, 6.07) is 12.1. The van der Waals surface area contributed by atoms with Crippen LogP contribution in [-0.4, -0.2) is 30.9 Å². The summed E-state index contributed by atoms with van der Waals surface area (Å²) in [6.45, 7) is 2.27. The summed E-state index contributed by atoms with van der Waals surface area (Å²) in [5.41, 5.74) is 0.238. The number of para-hydroxylation sites is 1. The first-order valence-electron chi connectivity index (χ1n) is 8.26. The van der Waals surface area contributed by atoms with Gasteiger partial charge in [0.1, 0.15) is 11.4 Å². The molecule has 0 fully saturated rings. The molecular weight excluding hydrogens is 386 g/mol. The van der Waals surface area contributed by atoms with Gasteiger partial charge < -0.3 is 9.30 Å². The molecule has 2 aromatic carbocycles. The van der Waals surface area contributed by atoms with Gasteiger partial charge in [-0.05, 0) is 31.2 Å². The van der Waals surface area contributed by atoms with Crippen molar-refractivity contribution in [2.45, 2.75) is 18.4 Å². The van der Waals surface area contributed by atoms with Gasteiger partial charge in [0.15, 0.2) is 4.90 Å². The van der Waals surface area contributed by atoms with Gasteiger partial charge in [0, 0.05) is 17.4 Å². The second kappa shape index (κ2) is 7.31. The van der Waals surface area contributed by atoms with Crippen LogP contribution >= 0.6 is 0 Å². The van der Waals surface area contributed by atoms with Crippen LogP contribution in [0.1, 0.15) is 17.4 Å². The number of ether oxygens (including phenoxy) is 1. The molecular formula is C18H17N3O6S. The molecule has 1 heterocycles. The number of carbonyl (C=O) groups excluding carboxylic acids is 1. The molecule has 0 unspecified atom stereocenters. The van der Waals surface area contributed by atoms with Gasteiger partial charge in [0.05, 0.1) is 18.1 Å². The van der Waals surface area contributed by atoms with E-state index in [1.54, 1.807) is 16.7 Å². The van der Waals surface area contributed by atoms with Crippen LogP contribution in [0.2, 0.25) is 0 Å². The van der Waals surface area contributed by atoms with Gasteiger partial charge in [-0.15, -0.1) is 0 Å². The second-order valence-electron chi connectivity index (χ2n) is 5.86. The maximum absolute atomic E-state index is 12.7. The number of nitrogens with one attached hydrogen (secondary N) is 1. The first kappa shape index (κ1) is 19.4. The topological polar surface area (TPSA) is 121 Å². The molecule has 1 aromatic heterocycles. The number of fused-ring (bicyclic) bond motifs is 1. The van der Waals surface area contributed by atoms with E-state index in [2.05, 4.69) is 0 Å². The highest BCUT2D eigenvalue weighted by Gasteiger charge is 2.29. The second-order valence-corrected chi connectivity index (χ2v) is 7.51. The summed E-state index contributed by atoms with van der Waals surface area (Å²) in [7, 11) is -3.18. The Hall–Kier alpha value is -3.40. The Balaban J connectivity index is 2.02. The van der Waals surface area contributed by atoms with Crippen LogP contribution < -0.4 is 9.46 Å². The van der Waals surface area contributed by atoms with E-state index in [-0.39, 0.29) is 11.4 Å². The molecule has 1 N–H and O–H groups in total. The number of nitro groups is 1. The van der Waals surface area contributed by atoms with E-state index < -0.39 is 31.4 Å². The minimum atomic E-state index is -4.48. The monoisotopic (exact) mass is 403 g/mol. The standard InChI is InChI=1S/C18H17N3O6S/c1-3-20-14-7-5-4-6-12(14)10-16(20)18(22)19-28(25,26)17-9-8-13(27-2)11-15(17)21(23)24/h4-11H,3H2,1-2H3,(H,19,22). The zero-order chi connectivity index (χ0) is 20.5. The molecule has 146 valence electrons. The Morgan fingerprint density at radius 3 is 2.57 bits per heavy atom. The number of rotatable bonds is 6. The van der Waals surface area contributed by atoms with E-state index >= 15 is 0 Å². The largest absolute Gasteiger partial charge is 0.497 e. The third kappa shape index (κ3) is 3.41. The number of nitro benzene ring substituents is 1. The van der Waals surface area contributed by atoms with Crippen molar-refractivity contribution in [2.24, 2.45) is 0 Å². The summed E-state index contributed by atoms with van der Waals surface area (Å²) in [5.74, 6) is -0.744. The van der Waals surface area contributed by atoms with Crippen molar-refractivity contribution in [1.29, 1.82) is 0 Å². The number of hydrogen-bond acceptors (Lipinski definition) is 6. The van der Waals surface area contributed by atoms with Gasteiger partial charge in [-0.3, -0.25) is 14.9 Å². The summed E-state index contributed by atoms with van der Waals surface area (Å²) in [6.07, 6.45) is 0. The highest BCUT2D eigenvalue weighted by atomic mass is 32.2. The third-order valence-corrected chi connectivity index (χ3v) is 5.62. The van der Waals surface area contributed by atoms with Crippen molar-refractivity contribution in [2.75, 3.05) is 7.11 Å². The minimum Gasteiger partial charge on any atom is -0.497 e. The summed E-state index contributed by atoms with van der Waals surface area (Å²) < 4.78 is 33.8. The van der Waals surface area contributed by atoms with Crippen molar-refractivity contribution in [1.82, 2.24) is 9.29 Å². The molecule has 0 atom stereocenters. The Morgan fingerprint density at radius 1 is 1.21 bits per heavy atom. The maximum Gasteiger partial charge on any atom is 0.293 e. The molecule has 0 radical (unpaired) electrons. The smallest absolute Gasteiger partial charge is 0.293 e. The maximum atomic E-state index is 12.7. The number of nitrogens with zero attached hydrogens (tertiary/aromatic N) is 2. The molecule has 0 bridgehead atoms. The lowest BCUT2D eigenvalue weighted by Gasteiger charge is -2.10. The molecule has 3 rings (SSSR count). The van der Waals surface area contributed by atoms with Crippen molar-refractivity contribution >= 4 is 32.5 Å². The van der Waals surface area contributed by atoms with Crippen LogP contribution in [0.25, 0.3) is 10.9 Å². The lowest BCUT2D eigenvalue weighted by Crippen LogP contribution is -2.32. The zero-order valence-electron chi connectivity index (χ0n) is 15.1. The van der Waals surface area contributed by atoms with Crippen molar-refractivity contribution in [3.63, 3.8) is 0 Å². The molecule has 0 aliphatic rings. The van der Waals surface area contributed by atoms with E-state index in [9.17, 15) is 23.3 Å². The fraction of sp³-hybridized carbons (Fsp3) is 0.167. The molecule has 0 saturated carbocycles. The number of aromatic nitrogens is 1. The van der Waals surface area contributed by atoms with Gasteiger partial charge in [-0.2, -0.15) is 0 Å². The van der Waals surface area contributed by atoms with Crippen LogP contribution in [-0.2, 0) is 16.6 Å². The molecule has 9 nitrogen and oxygen atoms in total. The summed E-state index contributed by atoms with van der Waals surface area (Å²) in [5, 5.41) is 12.1. The lowest BCUT2D eigenvalue weighted by molar-refractivity contribution is -0.387. The van der Waals surface area contributed by atoms with Gasteiger partial charge >= 0.3 is 0 Å². The Morgan fingerprint density at radius 2 is 1.93 bits per heavy atom. The molecule has 0 spiro atoms. The number of amides is 1. The summed E-state index contributed by atoms with van der Waals surface area (Å²) >= 11 is 0. The number of methoxy groups -OCH3 is 1. The highest BCUT2D eigenvalue weighted by Crippen LogP contribution is 2.28. The normalized spacial score (nSPS) is 11.4. The van der Waals surface area contributed by atoms with Crippen molar-refractivity contribution in [3.8, 4) is 5.75 Å². The van der Waals surface area contributed by atoms with Crippen LogP contribution in [0.5, 0.6) is 5.75 Å². The molecule has 28 heavy (non-hydrogen) atoms. The van der Waals surface area contributed by atoms with Crippen molar-refractivity contribution in [3.05, 3.63) is 64.3 Å². The van der Waals surface area contributed by atoms with Gasteiger partial charge in [0.25, 0.3) is 21.6 Å². The number of carbonyl (C=O) groups is 1. The van der Waals surface area contributed by atoms with E-state index in [0.717, 1.165) is 23.0 Å². The predicted octanol–water partition coefficient (Wildman–Crippen LogP) is 2.70. The van der Waals surface area contributed by atoms with Crippen LogP contribution in [0.4, 0.5) is 5.69 Å². The quantitative estimate of drug-likeness (QED) is 0.499. The Kier molecular flexibility index (Phi) is 5.06. The van der Waals surface area contributed by atoms with Crippen molar-refractivity contribution < 1.29 is 22.9 Å².